The summed E-state index contributed by atoms with van der Waals surface area (Å²) in [5.41, 5.74) is 8.02. The van der Waals surface area contributed by atoms with Gasteiger partial charge in [0.1, 0.15) is 0 Å². The molecule has 4 nitrogen and oxygen atoms in total. The Morgan fingerprint density at radius 2 is 2.06 bits per heavy atom. The fourth-order valence-corrected chi connectivity index (χ4v) is 2.01. The summed E-state index contributed by atoms with van der Waals surface area (Å²) in [6.07, 6.45) is 2.17. The Morgan fingerprint density at radius 1 is 1.39 bits per heavy atom. The minimum Gasteiger partial charge on any atom is -0.397 e. The molecule has 4 N–H and O–H groups in total. The molecule has 0 aromatic heterocycles. The predicted molar refractivity (Wildman–Crippen MR) is 76.9 cm³/mol. The Bertz CT molecular complexity index is 427. The van der Waals surface area contributed by atoms with Gasteiger partial charge < -0.3 is 16.4 Å². The van der Waals surface area contributed by atoms with Crippen molar-refractivity contribution in [3.05, 3.63) is 23.8 Å². The van der Waals surface area contributed by atoms with Gasteiger partial charge in [0.25, 0.3) is 5.91 Å². The summed E-state index contributed by atoms with van der Waals surface area (Å²) in [6, 6.07) is 5.33. The highest BCUT2D eigenvalue weighted by Gasteiger charge is 2.17. The maximum absolute atomic E-state index is 11.5. The van der Waals surface area contributed by atoms with Gasteiger partial charge in [-0.25, -0.2) is 0 Å². The smallest absolute Gasteiger partial charge is 0.251 e. The summed E-state index contributed by atoms with van der Waals surface area (Å²) < 4.78 is 0. The molecule has 0 saturated heterocycles. The number of rotatable bonds is 5. The third-order valence-corrected chi connectivity index (χ3v) is 2.89. The van der Waals surface area contributed by atoms with E-state index in [1.54, 1.807) is 19.2 Å². The number of carbonyl (C=O) groups is 1. The van der Waals surface area contributed by atoms with Crippen molar-refractivity contribution < 1.29 is 4.79 Å². The first kappa shape index (κ1) is 14.4. The standard InChI is InChI=1S/C14H23N3O/c1-5-8-14(2,3)17-12-7-6-10(9-11(12)15)13(18)16-4/h6-7,9,17H,5,8,15H2,1-4H3,(H,16,18). The summed E-state index contributed by atoms with van der Waals surface area (Å²) in [4.78, 5) is 11.5. The van der Waals surface area contributed by atoms with E-state index in [9.17, 15) is 4.79 Å². The molecule has 1 rings (SSSR count). The van der Waals surface area contributed by atoms with Crippen molar-refractivity contribution >= 4 is 17.3 Å². The van der Waals surface area contributed by atoms with Crippen molar-refractivity contribution in [2.75, 3.05) is 18.1 Å². The zero-order valence-corrected chi connectivity index (χ0v) is 11.6. The van der Waals surface area contributed by atoms with E-state index in [1.807, 2.05) is 6.07 Å². The topological polar surface area (TPSA) is 67.2 Å². The molecule has 100 valence electrons. The molecule has 0 heterocycles. The Morgan fingerprint density at radius 3 is 2.56 bits per heavy atom. The lowest BCUT2D eigenvalue weighted by atomic mass is 9.98. The number of carbonyl (C=O) groups excluding carboxylic acids is 1. The highest BCUT2D eigenvalue weighted by molar-refractivity contribution is 5.95. The minimum atomic E-state index is -0.124. The van der Waals surface area contributed by atoms with Crippen LogP contribution in [0.15, 0.2) is 18.2 Å². The minimum absolute atomic E-state index is 0.00258. The lowest BCUT2D eigenvalue weighted by Crippen LogP contribution is -2.31. The SMILES string of the molecule is CCCC(C)(C)Nc1ccc(C(=O)NC)cc1N. The first-order valence-corrected chi connectivity index (χ1v) is 6.29. The molecule has 0 aliphatic heterocycles. The molecule has 4 heteroatoms. The molecule has 0 fully saturated rings. The monoisotopic (exact) mass is 249 g/mol. The third kappa shape index (κ3) is 3.65. The molecule has 1 aromatic carbocycles. The molecule has 0 saturated carbocycles. The molecule has 0 spiro atoms. The number of nitrogen functional groups attached to an aromatic ring is 1. The summed E-state index contributed by atoms with van der Waals surface area (Å²) in [7, 11) is 1.61. The van der Waals surface area contributed by atoms with Gasteiger partial charge in [0.05, 0.1) is 11.4 Å². The maximum Gasteiger partial charge on any atom is 0.251 e. The van der Waals surface area contributed by atoms with E-state index < -0.39 is 0 Å². The average Bonchev–Trinajstić information content (AvgIpc) is 2.30. The van der Waals surface area contributed by atoms with Crippen LogP contribution in [0.4, 0.5) is 11.4 Å². The van der Waals surface area contributed by atoms with E-state index in [2.05, 4.69) is 31.4 Å². The number of benzene rings is 1. The van der Waals surface area contributed by atoms with Crippen molar-refractivity contribution in [1.29, 1.82) is 0 Å². The summed E-state index contributed by atoms with van der Waals surface area (Å²) in [5, 5.41) is 6.00. The van der Waals surface area contributed by atoms with Gasteiger partial charge in [-0.3, -0.25) is 4.79 Å². The number of hydrogen-bond acceptors (Lipinski definition) is 3. The normalized spacial score (nSPS) is 11.1. The fourth-order valence-electron chi connectivity index (χ4n) is 2.01. The van der Waals surface area contributed by atoms with Gasteiger partial charge in [-0.2, -0.15) is 0 Å². The molecule has 0 atom stereocenters. The van der Waals surface area contributed by atoms with Crippen LogP contribution in [0, 0.1) is 0 Å². The molecule has 0 aliphatic rings. The van der Waals surface area contributed by atoms with Crippen LogP contribution in [0.1, 0.15) is 44.0 Å². The van der Waals surface area contributed by atoms with Crippen molar-refractivity contribution in [1.82, 2.24) is 5.32 Å². The number of anilines is 2. The van der Waals surface area contributed by atoms with Gasteiger partial charge in [-0.1, -0.05) is 13.3 Å². The van der Waals surface area contributed by atoms with Gasteiger partial charge in [-0.05, 0) is 38.5 Å². The van der Waals surface area contributed by atoms with E-state index >= 15 is 0 Å². The highest BCUT2D eigenvalue weighted by Crippen LogP contribution is 2.25. The second-order valence-electron chi connectivity index (χ2n) is 5.14. The van der Waals surface area contributed by atoms with Crippen LogP contribution in [0.3, 0.4) is 0 Å². The van der Waals surface area contributed by atoms with Crippen molar-refractivity contribution in [2.45, 2.75) is 39.2 Å². The Hall–Kier alpha value is -1.71. The maximum atomic E-state index is 11.5. The largest absolute Gasteiger partial charge is 0.397 e. The van der Waals surface area contributed by atoms with Gasteiger partial charge in [0.2, 0.25) is 0 Å². The quantitative estimate of drug-likeness (QED) is 0.703. The van der Waals surface area contributed by atoms with Crippen molar-refractivity contribution in [2.24, 2.45) is 0 Å². The Labute approximate surface area is 109 Å². The summed E-state index contributed by atoms with van der Waals surface area (Å²) >= 11 is 0. The van der Waals surface area contributed by atoms with Gasteiger partial charge in [0.15, 0.2) is 0 Å². The first-order chi connectivity index (χ1) is 8.39. The Balaban J connectivity index is 2.89. The van der Waals surface area contributed by atoms with Crippen LogP contribution in [0.2, 0.25) is 0 Å². The zero-order chi connectivity index (χ0) is 13.8. The summed E-state index contributed by atoms with van der Waals surface area (Å²) in [5.74, 6) is -0.124. The van der Waals surface area contributed by atoms with Gasteiger partial charge >= 0.3 is 0 Å². The number of hydrogen-bond donors (Lipinski definition) is 3. The van der Waals surface area contributed by atoms with E-state index in [0.717, 1.165) is 18.5 Å². The molecular formula is C14H23N3O. The van der Waals surface area contributed by atoms with Gasteiger partial charge in [0, 0.05) is 18.2 Å². The van der Waals surface area contributed by atoms with Crippen molar-refractivity contribution in [3.8, 4) is 0 Å². The zero-order valence-electron chi connectivity index (χ0n) is 11.6. The van der Waals surface area contributed by atoms with E-state index in [4.69, 9.17) is 5.73 Å². The molecule has 0 aliphatic carbocycles. The van der Waals surface area contributed by atoms with Crippen LogP contribution < -0.4 is 16.4 Å². The molecule has 0 radical (unpaired) electrons. The number of nitrogens with one attached hydrogen (secondary N) is 2. The highest BCUT2D eigenvalue weighted by atomic mass is 16.1. The fraction of sp³-hybridized carbons (Fsp3) is 0.500. The van der Waals surface area contributed by atoms with Crippen molar-refractivity contribution in [3.63, 3.8) is 0 Å². The molecular weight excluding hydrogens is 226 g/mol. The van der Waals surface area contributed by atoms with E-state index in [-0.39, 0.29) is 11.4 Å². The number of amides is 1. The number of nitrogens with two attached hydrogens (primary N) is 1. The molecule has 18 heavy (non-hydrogen) atoms. The average molecular weight is 249 g/mol. The lowest BCUT2D eigenvalue weighted by molar-refractivity contribution is 0.0963. The second kappa shape index (κ2) is 5.76. The van der Waals surface area contributed by atoms with Crippen LogP contribution >= 0.6 is 0 Å². The Kier molecular flexibility index (Phi) is 4.59. The van der Waals surface area contributed by atoms with E-state index in [0.29, 0.717) is 11.3 Å². The van der Waals surface area contributed by atoms with Gasteiger partial charge in [-0.15, -0.1) is 0 Å². The lowest BCUT2D eigenvalue weighted by Gasteiger charge is -2.28. The molecule has 0 bridgehead atoms. The molecule has 0 unspecified atom stereocenters. The van der Waals surface area contributed by atoms with Crippen LogP contribution in [0.25, 0.3) is 0 Å². The second-order valence-corrected chi connectivity index (χ2v) is 5.14. The molecule has 1 amide bonds. The van der Waals surface area contributed by atoms with E-state index in [1.165, 1.54) is 0 Å². The first-order valence-electron chi connectivity index (χ1n) is 6.29. The third-order valence-electron chi connectivity index (χ3n) is 2.89. The molecule has 1 aromatic rings. The van der Waals surface area contributed by atoms with Crippen LogP contribution in [-0.2, 0) is 0 Å². The van der Waals surface area contributed by atoms with Crippen LogP contribution in [0.5, 0.6) is 0 Å². The summed E-state index contributed by atoms with van der Waals surface area (Å²) in [6.45, 7) is 6.44. The predicted octanol–water partition coefficient (Wildman–Crippen LogP) is 2.62. The van der Waals surface area contributed by atoms with Crippen LogP contribution in [-0.4, -0.2) is 18.5 Å².